The summed E-state index contributed by atoms with van der Waals surface area (Å²) in [4.78, 5) is 18.1. The van der Waals surface area contributed by atoms with Crippen LogP contribution in [-0.4, -0.2) is 10.1 Å². The molecule has 1 atom stereocenters. The topological polar surface area (TPSA) is 63.3 Å². The molecule has 34 heavy (non-hydrogen) atoms. The second kappa shape index (κ2) is 8.16. The zero-order valence-corrected chi connectivity index (χ0v) is 18.3. The van der Waals surface area contributed by atoms with E-state index in [1.165, 1.54) is 0 Å². The average molecular weight is 444 g/mol. The number of benzene rings is 4. The van der Waals surface area contributed by atoms with Crippen molar-refractivity contribution in [2.75, 3.05) is 0 Å². The summed E-state index contributed by atoms with van der Waals surface area (Å²) in [5.41, 5.74) is 2.77. The predicted octanol–water partition coefficient (Wildman–Crippen LogP) is 6.57. The van der Waals surface area contributed by atoms with Gasteiger partial charge in [-0.15, -0.1) is 0 Å². The number of hydrogen-bond acceptors (Lipinski definition) is 4. The lowest BCUT2D eigenvalue weighted by Gasteiger charge is -2.20. The van der Waals surface area contributed by atoms with Gasteiger partial charge in [0.25, 0.3) is 0 Å². The van der Waals surface area contributed by atoms with Crippen LogP contribution in [0.4, 0.5) is 0 Å². The van der Waals surface area contributed by atoms with Gasteiger partial charge in [-0.05, 0) is 40.6 Å². The first-order valence-electron chi connectivity index (χ1n) is 11.3. The van der Waals surface area contributed by atoms with Gasteiger partial charge in [0.2, 0.25) is 0 Å². The van der Waals surface area contributed by atoms with Gasteiger partial charge in [0.05, 0.1) is 16.5 Å². The van der Waals surface area contributed by atoms with Crippen molar-refractivity contribution in [1.82, 2.24) is 4.98 Å². The number of fused-ring (bicyclic) bond motifs is 3. The van der Waals surface area contributed by atoms with Gasteiger partial charge in [-0.3, -0.25) is 4.98 Å². The van der Waals surface area contributed by atoms with Crippen LogP contribution in [0.5, 0.6) is 5.75 Å². The van der Waals surface area contributed by atoms with E-state index in [0.717, 1.165) is 32.9 Å². The highest BCUT2D eigenvalue weighted by atomic mass is 16.4. The van der Waals surface area contributed by atoms with Crippen LogP contribution in [0.1, 0.15) is 22.7 Å². The molecule has 0 fully saturated rings. The zero-order valence-electron chi connectivity index (χ0n) is 18.3. The minimum atomic E-state index is -0.532. The summed E-state index contributed by atoms with van der Waals surface area (Å²) in [5.74, 6) is -0.480. The molecule has 4 heteroatoms. The van der Waals surface area contributed by atoms with E-state index in [9.17, 15) is 9.90 Å². The normalized spacial score (nSPS) is 12.4. The summed E-state index contributed by atoms with van der Waals surface area (Å²) in [7, 11) is 0. The van der Waals surface area contributed by atoms with Crippen LogP contribution in [0.2, 0.25) is 0 Å². The minimum Gasteiger partial charge on any atom is -0.507 e. The van der Waals surface area contributed by atoms with Crippen LogP contribution in [0.15, 0.2) is 112 Å². The molecule has 4 nitrogen and oxygen atoms in total. The maximum atomic E-state index is 13.3. The van der Waals surface area contributed by atoms with E-state index < -0.39 is 11.5 Å². The van der Waals surface area contributed by atoms with Crippen molar-refractivity contribution in [3.63, 3.8) is 0 Å². The lowest BCUT2D eigenvalue weighted by molar-refractivity contribution is 0.451. The van der Waals surface area contributed by atoms with E-state index in [1.54, 1.807) is 18.2 Å². The largest absolute Gasteiger partial charge is 0.507 e. The fourth-order valence-corrected chi connectivity index (χ4v) is 4.81. The molecular formula is C30H21NO3. The second-order valence-corrected chi connectivity index (χ2v) is 8.47. The Morgan fingerprint density at radius 1 is 0.735 bits per heavy atom. The van der Waals surface area contributed by atoms with Crippen LogP contribution < -0.4 is 5.63 Å². The molecule has 0 bridgehead atoms. The third-order valence-electron chi connectivity index (χ3n) is 6.44. The van der Waals surface area contributed by atoms with Gasteiger partial charge in [0.1, 0.15) is 11.3 Å². The van der Waals surface area contributed by atoms with Crippen molar-refractivity contribution < 1.29 is 9.52 Å². The molecule has 0 spiro atoms. The molecule has 6 aromatic rings. The maximum absolute atomic E-state index is 13.3. The lowest BCUT2D eigenvalue weighted by atomic mass is 9.84. The van der Waals surface area contributed by atoms with Crippen LogP contribution in [-0.2, 0) is 6.42 Å². The third-order valence-corrected chi connectivity index (χ3v) is 6.44. The standard InChI is InChI=1S/C30H21NO3/c32-29-24-12-4-6-15-27(24)34-30(33)28(29)25(23-13-7-10-19-8-1-3-11-22(19)23)18-21-17-16-20-9-2-5-14-26(20)31-21/h1-17,25,32H,18H2. The second-order valence-electron chi connectivity index (χ2n) is 8.47. The molecule has 2 heterocycles. The van der Waals surface area contributed by atoms with E-state index in [1.807, 2.05) is 84.9 Å². The van der Waals surface area contributed by atoms with Crippen LogP contribution in [0.25, 0.3) is 32.6 Å². The molecule has 0 aliphatic rings. The highest BCUT2D eigenvalue weighted by Crippen LogP contribution is 2.38. The van der Waals surface area contributed by atoms with Crippen molar-refractivity contribution >= 4 is 32.6 Å². The van der Waals surface area contributed by atoms with E-state index in [-0.39, 0.29) is 11.3 Å². The summed E-state index contributed by atoms with van der Waals surface area (Å²) < 4.78 is 5.66. The fraction of sp³-hybridized carbons (Fsp3) is 0.0667. The molecular weight excluding hydrogens is 422 g/mol. The molecule has 4 aromatic carbocycles. The molecule has 1 unspecified atom stereocenters. The quantitative estimate of drug-likeness (QED) is 0.313. The molecule has 2 aromatic heterocycles. The molecule has 1 N–H and O–H groups in total. The molecule has 0 aliphatic carbocycles. The summed E-state index contributed by atoms with van der Waals surface area (Å²) in [6.45, 7) is 0. The summed E-state index contributed by atoms with van der Waals surface area (Å²) in [6, 6.07) is 33.2. The molecule has 0 saturated carbocycles. The lowest BCUT2D eigenvalue weighted by Crippen LogP contribution is -2.17. The Morgan fingerprint density at radius 3 is 2.32 bits per heavy atom. The SMILES string of the molecule is O=c1oc2ccccc2c(O)c1C(Cc1ccc2ccccc2n1)c1cccc2ccccc12. The first-order valence-corrected chi connectivity index (χ1v) is 11.3. The maximum Gasteiger partial charge on any atom is 0.343 e. The Labute approximate surface area is 195 Å². The Balaban J connectivity index is 1.60. The third kappa shape index (κ3) is 3.41. The first kappa shape index (κ1) is 20.2. The number of aromatic hydroxyl groups is 1. The smallest absolute Gasteiger partial charge is 0.343 e. The highest BCUT2D eigenvalue weighted by Gasteiger charge is 2.27. The Bertz CT molecular complexity index is 1730. The fourth-order valence-electron chi connectivity index (χ4n) is 4.81. The van der Waals surface area contributed by atoms with Gasteiger partial charge in [-0.1, -0.05) is 78.9 Å². The van der Waals surface area contributed by atoms with Crippen molar-refractivity contribution in [2.24, 2.45) is 0 Å². The van der Waals surface area contributed by atoms with Gasteiger partial charge in [0, 0.05) is 23.4 Å². The van der Waals surface area contributed by atoms with Crippen LogP contribution in [0.3, 0.4) is 0 Å². The van der Waals surface area contributed by atoms with Crippen LogP contribution in [0, 0.1) is 0 Å². The monoisotopic (exact) mass is 443 g/mol. The Kier molecular flexibility index (Phi) is 4.84. The predicted molar refractivity (Wildman–Crippen MR) is 135 cm³/mol. The molecule has 0 aliphatic heterocycles. The van der Waals surface area contributed by atoms with Crippen molar-refractivity contribution in [3.8, 4) is 5.75 Å². The van der Waals surface area contributed by atoms with E-state index in [2.05, 4.69) is 0 Å². The molecule has 0 amide bonds. The van der Waals surface area contributed by atoms with Crippen molar-refractivity contribution in [3.05, 3.63) is 130 Å². The number of rotatable bonds is 4. The summed E-state index contributed by atoms with van der Waals surface area (Å²) >= 11 is 0. The zero-order chi connectivity index (χ0) is 23.1. The molecule has 0 radical (unpaired) electrons. The van der Waals surface area contributed by atoms with Gasteiger partial charge in [-0.25, -0.2) is 4.79 Å². The molecule has 6 rings (SSSR count). The number of hydrogen-bond donors (Lipinski definition) is 1. The van der Waals surface area contributed by atoms with Crippen LogP contribution >= 0.6 is 0 Å². The van der Waals surface area contributed by atoms with E-state index in [4.69, 9.17) is 9.40 Å². The first-order chi connectivity index (χ1) is 16.7. The summed E-state index contributed by atoms with van der Waals surface area (Å²) in [5, 5.41) is 15.0. The van der Waals surface area contributed by atoms with E-state index >= 15 is 0 Å². The van der Waals surface area contributed by atoms with Gasteiger partial charge in [-0.2, -0.15) is 0 Å². The molecule has 164 valence electrons. The van der Waals surface area contributed by atoms with E-state index in [0.29, 0.717) is 17.4 Å². The summed E-state index contributed by atoms with van der Waals surface area (Å²) in [6.07, 6.45) is 0.440. The number of nitrogens with zero attached hydrogens (tertiary/aromatic N) is 1. The van der Waals surface area contributed by atoms with Crippen molar-refractivity contribution in [1.29, 1.82) is 0 Å². The average Bonchev–Trinajstić information content (AvgIpc) is 2.88. The van der Waals surface area contributed by atoms with Crippen molar-refractivity contribution in [2.45, 2.75) is 12.3 Å². The number of aromatic nitrogens is 1. The Morgan fingerprint density at radius 2 is 1.44 bits per heavy atom. The van der Waals surface area contributed by atoms with Gasteiger partial charge < -0.3 is 9.52 Å². The minimum absolute atomic E-state index is 0.0365. The Hall–Kier alpha value is -4.44. The number of pyridine rings is 1. The van der Waals surface area contributed by atoms with Gasteiger partial charge in [0.15, 0.2) is 0 Å². The molecule has 0 saturated heterocycles. The number of para-hydroxylation sites is 2. The highest BCUT2D eigenvalue weighted by molar-refractivity contribution is 5.88. The van der Waals surface area contributed by atoms with Gasteiger partial charge >= 0.3 is 5.63 Å².